The zero-order valence-electron chi connectivity index (χ0n) is 10.5. The highest BCUT2D eigenvalue weighted by Crippen LogP contribution is 2.25. The maximum absolute atomic E-state index is 12.3. The van der Waals surface area contributed by atoms with Crippen LogP contribution in [0.1, 0.15) is 11.3 Å². The first-order chi connectivity index (χ1) is 9.24. The van der Waals surface area contributed by atoms with Crippen molar-refractivity contribution in [2.75, 3.05) is 18.4 Å². The van der Waals surface area contributed by atoms with Gasteiger partial charge in [-0.2, -0.15) is 13.2 Å². The molecule has 0 saturated carbocycles. The molecule has 5 nitrogen and oxygen atoms in total. The van der Waals surface area contributed by atoms with Crippen molar-refractivity contribution < 1.29 is 22.8 Å². The number of thiazole rings is 1. The topological polar surface area (TPSA) is 62.3 Å². The molecule has 2 amide bonds. The minimum absolute atomic E-state index is 0.202. The first-order valence-corrected chi connectivity index (χ1v) is 6.64. The van der Waals surface area contributed by atoms with Crippen molar-refractivity contribution >= 4 is 28.3 Å². The minimum atomic E-state index is -4.45. The summed E-state index contributed by atoms with van der Waals surface area (Å²) in [5.41, 5.74) is 0. The number of nitrogens with one attached hydrogen (secondary N) is 1. The Labute approximate surface area is 116 Å². The molecule has 1 aliphatic rings. The number of rotatable bonds is 3. The molecule has 1 aliphatic heterocycles. The van der Waals surface area contributed by atoms with Crippen molar-refractivity contribution in [2.45, 2.75) is 19.5 Å². The molecule has 1 aromatic heterocycles. The largest absolute Gasteiger partial charge is 0.406 e. The first-order valence-electron chi connectivity index (χ1n) is 5.82. The summed E-state index contributed by atoms with van der Waals surface area (Å²) >= 11 is 1.26. The Morgan fingerprint density at radius 3 is 2.85 bits per heavy atom. The molecule has 0 unspecified atom stereocenters. The van der Waals surface area contributed by atoms with E-state index in [9.17, 15) is 22.8 Å². The van der Waals surface area contributed by atoms with Gasteiger partial charge in [0.25, 0.3) is 0 Å². The molecule has 2 heterocycles. The zero-order chi connectivity index (χ0) is 14.9. The van der Waals surface area contributed by atoms with Gasteiger partial charge in [-0.05, 0) is 6.92 Å². The van der Waals surface area contributed by atoms with Gasteiger partial charge >= 0.3 is 6.18 Å². The number of carbonyl (C=O) groups excluding carboxylic acids is 2. The van der Waals surface area contributed by atoms with E-state index < -0.39 is 30.5 Å². The van der Waals surface area contributed by atoms with E-state index >= 15 is 0 Å². The molecular formula is C11H12F3N3O2S. The van der Waals surface area contributed by atoms with Crippen LogP contribution >= 0.6 is 11.3 Å². The van der Waals surface area contributed by atoms with Crippen LogP contribution in [0.2, 0.25) is 0 Å². The molecule has 9 heteroatoms. The minimum Gasteiger partial charge on any atom is -0.333 e. The number of hydrogen-bond donors (Lipinski definition) is 1. The average Bonchev–Trinajstić information content (AvgIpc) is 2.85. The molecule has 2 rings (SSSR count). The first kappa shape index (κ1) is 14.8. The number of anilines is 1. The van der Waals surface area contributed by atoms with E-state index in [0.29, 0.717) is 10.0 Å². The SMILES string of the molecule is Cc1cnc(NC(=O)[C@@H]2CC(=O)N(CC(F)(F)F)C2)s1. The smallest absolute Gasteiger partial charge is 0.333 e. The van der Waals surface area contributed by atoms with Crippen LogP contribution in [0.4, 0.5) is 18.3 Å². The summed E-state index contributed by atoms with van der Waals surface area (Å²) in [5, 5.41) is 2.90. The second-order valence-corrected chi connectivity index (χ2v) is 5.79. The number of likely N-dealkylation sites (tertiary alicyclic amines) is 1. The molecule has 0 spiro atoms. The number of aryl methyl sites for hydroxylation is 1. The lowest BCUT2D eigenvalue weighted by atomic mass is 10.1. The summed E-state index contributed by atoms with van der Waals surface area (Å²) in [6.07, 6.45) is -3.07. The third-order valence-electron chi connectivity index (χ3n) is 2.81. The van der Waals surface area contributed by atoms with Gasteiger partial charge in [-0.15, -0.1) is 11.3 Å². The van der Waals surface area contributed by atoms with E-state index in [1.54, 1.807) is 6.20 Å². The molecule has 0 bridgehead atoms. The standard InChI is InChI=1S/C11H12F3N3O2S/c1-6-3-15-10(20-6)16-9(19)7-2-8(18)17(4-7)5-11(12,13)14/h3,7H,2,4-5H2,1H3,(H,15,16,19)/t7-/m1/s1. The number of alkyl halides is 3. The second-order valence-electron chi connectivity index (χ2n) is 4.56. The highest BCUT2D eigenvalue weighted by atomic mass is 32.1. The molecule has 1 atom stereocenters. The van der Waals surface area contributed by atoms with E-state index in [1.807, 2.05) is 6.92 Å². The van der Waals surface area contributed by atoms with Gasteiger partial charge in [0.1, 0.15) is 6.54 Å². The number of aromatic nitrogens is 1. The van der Waals surface area contributed by atoms with Gasteiger partial charge in [0, 0.05) is 24.0 Å². The Hall–Kier alpha value is -1.64. The van der Waals surface area contributed by atoms with E-state index in [2.05, 4.69) is 10.3 Å². The molecular weight excluding hydrogens is 295 g/mol. The second kappa shape index (κ2) is 5.39. The molecule has 1 N–H and O–H groups in total. The lowest BCUT2D eigenvalue weighted by Gasteiger charge is -2.18. The summed E-state index contributed by atoms with van der Waals surface area (Å²) in [4.78, 5) is 28.8. The Kier molecular flexibility index (Phi) is 3.98. The van der Waals surface area contributed by atoms with Crippen LogP contribution in [0.25, 0.3) is 0 Å². The Balaban J connectivity index is 1.94. The van der Waals surface area contributed by atoms with E-state index in [0.717, 1.165) is 4.88 Å². The van der Waals surface area contributed by atoms with Crippen LogP contribution in [-0.2, 0) is 9.59 Å². The highest BCUT2D eigenvalue weighted by Gasteiger charge is 2.40. The number of carbonyl (C=O) groups is 2. The third kappa shape index (κ3) is 3.69. The molecule has 0 aliphatic carbocycles. The van der Waals surface area contributed by atoms with Crippen LogP contribution in [0.5, 0.6) is 0 Å². The molecule has 110 valence electrons. The van der Waals surface area contributed by atoms with E-state index in [1.165, 1.54) is 11.3 Å². The summed E-state index contributed by atoms with van der Waals surface area (Å²) in [6.45, 7) is 0.290. The fraction of sp³-hybridized carbons (Fsp3) is 0.545. The molecule has 1 saturated heterocycles. The van der Waals surface area contributed by atoms with Gasteiger partial charge in [0.05, 0.1) is 5.92 Å². The quantitative estimate of drug-likeness (QED) is 0.926. The maximum Gasteiger partial charge on any atom is 0.406 e. The van der Waals surface area contributed by atoms with Gasteiger partial charge in [0.2, 0.25) is 11.8 Å². The van der Waals surface area contributed by atoms with E-state index in [-0.39, 0.29) is 13.0 Å². The summed E-state index contributed by atoms with van der Waals surface area (Å²) in [6, 6.07) is 0. The fourth-order valence-corrected chi connectivity index (χ4v) is 2.60. The van der Waals surface area contributed by atoms with Crippen molar-refractivity contribution in [1.82, 2.24) is 9.88 Å². The zero-order valence-corrected chi connectivity index (χ0v) is 11.3. The number of hydrogen-bond acceptors (Lipinski definition) is 4. The summed E-state index contributed by atoms with van der Waals surface area (Å²) < 4.78 is 36.8. The highest BCUT2D eigenvalue weighted by molar-refractivity contribution is 7.15. The molecule has 0 radical (unpaired) electrons. The summed E-state index contributed by atoms with van der Waals surface area (Å²) in [7, 11) is 0. The maximum atomic E-state index is 12.3. The number of amides is 2. The van der Waals surface area contributed by atoms with Gasteiger partial charge in [-0.25, -0.2) is 4.98 Å². The van der Waals surface area contributed by atoms with Crippen LogP contribution in [0, 0.1) is 12.8 Å². The Morgan fingerprint density at radius 1 is 1.60 bits per heavy atom. The van der Waals surface area contributed by atoms with E-state index in [4.69, 9.17) is 0 Å². The fourth-order valence-electron chi connectivity index (χ4n) is 1.94. The normalized spacial score (nSPS) is 19.5. The third-order valence-corrected chi connectivity index (χ3v) is 3.64. The molecule has 1 aromatic rings. The lowest BCUT2D eigenvalue weighted by Crippen LogP contribution is -2.36. The molecule has 20 heavy (non-hydrogen) atoms. The Bertz CT molecular complexity index is 529. The van der Waals surface area contributed by atoms with Crippen molar-refractivity contribution in [1.29, 1.82) is 0 Å². The average molecular weight is 307 g/mol. The van der Waals surface area contributed by atoms with Crippen LogP contribution in [0.3, 0.4) is 0 Å². The van der Waals surface area contributed by atoms with Crippen LogP contribution < -0.4 is 5.32 Å². The molecule has 0 aromatic carbocycles. The predicted octanol–water partition coefficient (Wildman–Crippen LogP) is 1.80. The van der Waals surface area contributed by atoms with Crippen molar-refractivity contribution in [2.24, 2.45) is 5.92 Å². The van der Waals surface area contributed by atoms with Crippen molar-refractivity contribution in [3.8, 4) is 0 Å². The number of halogens is 3. The Morgan fingerprint density at radius 2 is 2.30 bits per heavy atom. The van der Waals surface area contributed by atoms with Gasteiger partial charge in [-0.1, -0.05) is 0 Å². The molecule has 1 fully saturated rings. The van der Waals surface area contributed by atoms with Crippen molar-refractivity contribution in [3.05, 3.63) is 11.1 Å². The lowest BCUT2D eigenvalue weighted by molar-refractivity contribution is -0.157. The van der Waals surface area contributed by atoms with Crippen molar-refractivity contribution in [3.63, 3.8) is 0 Å². The van der Waals surface area contributed by atoms with Crippen LogP contribution in [-0.4, -0.2) is 41.0 Å². The van der Waals surface area contributed by atoms with Gasteiger partial charge in [-0.3, -0.25) is 9.59 Å². The summed E-state index contributed by atoms with van der Waals surface area (Å²) in [5.74, 6) is -1.90. The predicted molar refractivity (Wildman–Crippen MR) is 66.2 cm³/mol. The monoisotopic (exact) mass is 307 g/mol. The number of nitrogens with zero attached hydrogens (tertiary/aromatic N) is 2. The van der Waals surface area contributed by atoms with Gasteiger partial charge in [0.15, 0.2) is 5.13 Å². The van der Waals surface area contributed by atoms with Crippen LogP contribution in [0.15, 0.2) is 6.20 Å². The van der Waals surface area contributed by atoms with Gasteiger partial charge < -0.3 is 10.2 Å².